The van der Waals surface area contributed by atoms with Gasteiger partial charge < -0.3 is 4.74 Å². The van der Waals surface area contributed by atoms with E-state index in [0.717, 1.165) is 25.7 Å². The van der Waals surface area contributed by atoms with E-state index in [9.17, 15) is 13.2 Å². The van der Waals surface area contributed by atoms with Crippen LogP contribution in [0.25, 0.3) is 0 Å². The first-order valence-electron chi connectivity index (χ1n) is 10.4. The molecule has 0 N–H and O–H groups in total. The maximum atomic E-state index is 13.5. The predicted molar refractivity (Wildman–Crippen MR) is 107 cm³/mol. The summed E-state index contributed by atoms with van der Waals surface area (Å²) in [6, 6.07) is 0.277. The van der Waals surface area contributed by atoms with Gasteiger partial charge in [-0.1, -0.05) is 33.6 Å². The zero-order valence-corrected chi connectivity index (χ0v) is 18.3. The number of esters is 1. The number of hydrogen-bond donors (Lipinski definition) is 0. The van der Waals surface area contributed by atoms with E-state index in [1.54, 1.807) is 13.1 Å². The molecule has 28 heavy (non-hydrogen) atoms. The van der Waals surface area contributed by atoms with Crippen LogP contribution in [-0.4, -0.2) is 48.2 Å². The Hall–Kier alpha value is -1.41. The first-order valence-corrected chi connectivity index (χ1v) is 11.8. The summed E-state index contributed by atoms with van der Waals surface area (Å²) >= 11 is 0. The minimum absolute atomic E-state index is 0.180. The second-order valence-corrected chi connectivity index (χ2v) is 10.9. The van der Waals surface area contributed by atoms with E-state index in [-0.39, 0.29) is 28.9 Å². The van der Waals surface area contributed by atoms with Crippen LogP contribution < -0.4 is 0 Å². The minimum Gasteiger partial charge on any atom is -0.466 e. The molecule has 0 amide bonds. The van der Waals surface area contributed by atoms with Gasteiger partial charge in [0.1, 0.15) is 4.90 Å². The number of hydrogen-bond acceptors (Lipinski definition) is 5. The van der Waals surface area contributed by atoms with E-state index in [4.69, 9.17) is 9.84 Å². The molecule has 0 radical (unpaired) electrons. The number of sulfonamides is 1. The molecule has 2 fully saturated rings. The lowest BCUT2D eigenvalue weighted by Gasteiger charge is -2.31. The largest absolute Gasteiger partial charge is 0.466 e. The Morgan fingerprint density at radius 1 is 1.21 bits per heavy atom. The third-order valence-corrected chi connectivity index (χ3v) is 7.60. The van der Waals surface area contributed by atoms with Gasteiger partial charge in [-0.15, -0.1) is 0 Å². The van der Waals surface area contributed by atoms with E-state index in [0.29, 0.717) is 31.7 Å². The van der Waals surface area contributed by atoms with Gasteiger partial charge in [-0.05, 0) is 32.6 Å². The molecule has 0 bridgehead atoms. The molecule has 1 saturated heterocycles. The Labute approximate surface area is 168 Å². The van der Waals surface area contributed by atoms with Gasteiger partial charge in [0.25, 0.3) is 0 Å². The van der Waals surface area contributed by atoms with Crippen LogP contribution in [0, 0.1) is 5.92 Å². The Kier molecular flexibility index (Phi) is 6.20. The zero-order valence-electron chi connectivity index (χ0n) is 17.5. The molecule has 3 rings (SSSR count). The first kappa shape index (κ1) is 21.3. The average molecular weight is 412 g/mol. The maximum absolute atomic E-state index is 13.5. The van der Waals surface area contributed by atoms with Crippen molar-refractivity contribution in [3.63, 3.8) is 0 Å². The lowest BCUT2D eigenvalue weighted by atomic mass is 9.92. The summed E-state index contributed by atoms with van der Waals surface area (Å²) in [6.07, 6.45) is 7.44. The zero-order chi connectivity index (χ0) is 20.5. The van der Waals surface area contributed by atoms with Crippen molar-refractivity contribution in [1.29, 1.82) is 0 Å². The lowest BCUT2D eigenvalue weighted by Crippen LogP contribution is -2.43. The standard InChI is InChI=1S/C20H33N3O4S/c1-5-27-19(24)15-9-8-12-22(13-15)28(25,26)17-14-23(16-10-6-7-11-16)21-18(17)20(2,3)4/h14-16H,5-13H2,1-4H3. The van der Waals surface area contributed by atoms with Gasteiger partial charge in [-0.25, -0.2) is 8.42 Å². The van der Waals surface area contributed by atoms with Gasteiger partial charge in [0.2, 0.25) is 10.0 Å². The fourth-order valence-electron chi connectivity index (χ4n) is 4.19. The van der Waals surface area contributed by atoms with E-state index in [1.165, 1.54) is 4.31 Å². The highest BCUT2D eigenvalue weighted by Gasteiger charge is 2.38. The SMILES string of the molecule is CCOC(=O)C1CCCN(S(=O)(=O)c2cn(C3CCCC3)nc2C(C)(C)C)C1. The Bertz CT molecular complexity index is 804. The van der Waals surface area contributed by atoms with Crippen LogP contribution in [0.1, 0.15) is 78.0 Å². The van der Waals surface area contributed by atoms with E-state index >= 15 is 0 Å². The van der Waals surface area contributed by atoms with Gasteiger partial charge in [-0.3, -0.25) is 9.48 Å². The molecule has 158 valence electrons. The van der Waals surface area contributed by atoms with Crippen LogP contribution in [0.3, 0.4) is 0 Å². The van der Waals surface area contributed by atoms with E-state index in [2.05, 4.69) is 0 Å². The van der Waals surface area contributed by atoms with Crippen LogP contribution in [0.2, 0.25) is 0 Å². The summed E-state index contributed by atoms with van der Waals surface area (Å²) in [5.74, 6) is -0.702. The molecule has 1 aliphatic heterocycles. The van der Waals surface area contributed by atoms with Crippen molar-refractivity contribution in [2.45, 2.75) is 82.6 Å². The normalized spacial score (nSPS) is 22.5. The summed E-state index contributed by atoms with van der Waals surface area (Å²) in [6.45, 7) is 8.66. The highest BCUT2D eigenvalue weighted by molar-refractivity contribution is 7.89. The number of ether oxygens (including phenoxy) is 1. The third-order valence-electron chi connectivity index (χ3n) is 5.73. The Morgan fingerprint density at radius 2 is 1.89 bits per heavy atom. The molecule has 8 heteroatoms. The molecular weight excluding hydrogens is 378 g/mol. The summed E-state index contributed by atoms with van der Waals surface area (Å²) in [4.78, 5) is 12.4. The molecule has 1 saturated carbocycles. The summed E-state index contributed by atoms with van der Waals surface area (Å²) in [5, 5.41) is 4.73. The molecule has 7 nitrogen and oxygen atoms in total. The van der Waals surface area contributed by atoms with Crippen molar-refractivity contribution in [2.75, 3.05) is 19.7 Å². The third kappa shape index (κ3) is 4.27. The molecule has 1 atom stereocenters. The number of aromatic nitrogens is 2. The van der Waals surface area contributed by atoms with E-state index in [1.807, 2.05) is 25.5 Å². The second kappa shape index (κ2) is 8.14. The Balaban J connectivity index is 1.93. The smallest absolute Gasteiger partial charge is 0.310 e. The van der Waals surface area contributed by atoms with Crippen molar-refractivity contribution in [3.05, 3.63) is 11.9 Å². The predicted octanol–water partition coefficient (Wildman–Crippen LogP) is 3.26. The van der Waals surface area contributed by atoms with Gasteiger partial charge in [0.15, 0.2) is 0 Å². The molecule has 1 aromatic heterocycles. The number of carbonyl (C=O) groups excluding carboxylic acids is 1. The molecular formula is C20H33N3O4S. The van der Waals surface area contributed by atoms with Gasteiger partial charge in [0, 0.05) is 24.7 Å². The summed E-state index contributed by atoms with van der Waals surface area (Å²) < 4.78 is 35.5. The Morgan fingerprint density at radius 3 is 2.50 bits per heavy atom. The topological polar surface area (TPSA) is 81.5 Å². The first-order chi connectivity index (χ1) is 13.1. The number of rotatable bonds is 5. The number of piperidine rings is 1. The summed E-state index contributed by atoms with van der Waals surface area (Å²) in [7, 11) is -3.72. The van der Waals surface area contributed by atoms with Crippen LogP contribution in [0.5, 0.6) is 0 Å². The van der Waals surface area contributed by atoms with Crippen molar-refractivity contribution >= 4 is 16.0 Å². The quantitative estimate of drug-likeness (QED) is 0.695. The number of carbonyl (C=O) groups is 1. The van der Waals surface area contributed by atoms with Crippen LogP contribution in [-0.2, 0) is 25.0 Å². The molecule has 2 aliphatic rings. The molecule has 2 heterocycles. The van der Waals surface area contributed by atoms with Crippen molar-refractivity contribution < 1.29 is 17.9 Å². The molecule has 0 aromatic carbocycles. The highest BCUT2D eigenvalue weighted by Crippen LogP contribution is 2.35. The van der Waals surface area contributed by atoms with Crippen molar-refractivity contribution in [3.8, 4) is 0 Å². The minimum atomic E-state index is -3.72. The van der Waals surface area contributed by atoms with Gasteiger partial charge >= 0.3 is 5.97 Å². The monoisotopic (exact) mass is 411 g/mol. The molecule has 1 aliphatic carbocycles. The van der Waals surface area contributed by atoms with Crippen LogP contribution in [0.4, 0.5) is 0 Å². The fourth-order valence-corrected chi connectivity index (χ4v) is 6.05. The van der Waals surface area contributed by atoms with E-state index < -0.39 is 15.9 Å². The van der Waals surface area contributed by atoms with Crippen molar-refractivity contribution in [1.82, 2.24) is 14.1 Å². The van der Waals surface area contributed by atoms with Crippen molar-refractivity contribution in [2.24, 2.45) is 5.92 Å². The van der Waals surface area contributed by atoms with Gasteiger partial charge in [0.05, 0.1) is 24.3 Å². The number of nitrogens with zero attached hydrogens (tertiary/aromatic N) is 3. The highest BCUT2D eigenvalue weighted by atomic mass is 32.2. The molecule has 0 spiro atoms. The van der Waals surface area contributed by atoms with Crippen LogP contribution in [0.15, 0.2) is 11.1 Å². The lowest BCUT2D eigenvalue weighted by molar-refractivity contribution is -0.149. The van der Waals surface area contributed by atoms with Crippen LogP contribution >= 0.6 is 0 Å². The summed E-state index contributed by atoms with van der Waals surface area (Å²) in [5.41, 5.74) is 0.223. The average Bonchev–Trinajstić information content (AvgIpc) is 3.31. The fraction of sp³-hybridized carbons (Fsp3) is 0.800. The molecule has 1 unspecified atom stereocenters. The van der Waals surface area contributed by atoms with Gasteiger partial charge in [-0.2, -0.15) is 9.40 Å². The maximum Gasteiger partial charge on any atom is 0.310 e. The second-order valence-electron chi connectivity index (χ2n) is 8.96. The molecule has 1 aromatic rings.